The first-order valence-electron chi connectivity index (χ1n) is 8.54. The summed E-state index contributed by atoms with van der Waals surface area (Å²) in [7, 11) is 1.92. The van der Waals surface area contributed by atoms with E-state index >= 15 is 0 Å². The van der Waals surface area contributed by atoms with Crippen LogP contribution in [0.5, 0.6) is 11.5 Å². The highest BCUT2D eigenvalue weighted by atomic mass is 16.7. The average Bonchev–Trinajstić information content (AvgIpc) is 3.09. The molecule has 132 valence electrons. The standard InChI is InChI=1S/C21H20N2O3/c1-23(12-15-9-10-19-20(11-15)26-14-25-19)13-21(24)22-18-8-4-6-16-5-2-3-7-17(16)18/h2-11H,12-14H2,1H3,(H,22,24). The van der Waals surface area contributed by atoms with Gasteiger partial charge in [-0.05, 0) is 36.2 Å². The maximum Gasteiger partial charge on any atom is 0.238 e. The second kappa shape index (κ2) is 7.06. The lowest BCUT2D eigenvalue weighted by molar-refractivity contribution is -0.117. The minimum Gasteiger partial charge on any atom is -0.454 e. The summed E-state index contributed by atoms with van der Waals surface area (Å²) in [6.07, 6.45) is 0. The molecular formula is C21H20N2O3. The van der Waals surface area contributed by atoms with Crippen molar-refractivity contribution in [2.24, 2.45) is 0 Å². The van der Waals surface area contributed by atoms with E-state index < -0.39 is 0 Å². The number of rotatable bonds is 5. The van der Waals surface area contributed by atoms with Gasteiger partial charge in [0.05, 0.1) is 6.54 Å². The highest BCUT2D eigenvalue weighted by Gasteiger charge is 2.15. The van der Waals surface area contributed by atoms with Crippen LogP contribution >= 0.6 is 0 Å². The molecule has 3 aromatic rings. The van der Waals surface area contributed by atoms with E-state index in [2.05, 4.69) is 5.32 Å². The fraction of sp³-hybridized carbons (Fsp3) is 0.190. The van der Waals surface area contributed by atoms with Crippen LogP contribution in [-0.2, 0) is 11.3 Å². The molecule has 1 heterocycles. The number of amides is 1. The maximum atomic E-state index is 12.4. The van der Waals surface area contributed by atoms with Gasteiger partial charge in [-0.15, -0.1) is 0 Å². The lowest BCUT2D eigenvalue weighted by atomic mass is 10.1. The molecule has 0 fully saturated rings. The van der Waals surface area contributed by atoms with Gasteiger partial charge in [0.25, 0.3) is 0 Å². The average molecular weight is 348 g/mol. The summed E-state index contributed by atoms with van der Waals surface area (Å²) >= 11 is 0. The Morgan fingerprint density at radius 1 is 1.04 bits per heavy atom. The predicted octanol–water partition coefficient (Wildman–Crippen LogP) is 3.64. The second-order valence-corrected chi connectivity index (χ2v) is 6.43. The van der Waals surface area contributed by atoms with Gasteiger partial charge in [-0.3, -0.25) is 9.69 Å². The minimum absolute atomic E-state index is 0.0374. The first-order valence-corrected chi connectivity index (χ1v) is 8.54. The topological polar surface area (TPSA) is 50.8 Å². The van der Waals surface area contributed by atoms with Crippen LogP contribution in [0.25, 0.3) is 10.8 Å². The summed E-state index contributed by atoms with van der Waals surface area (Å²) in [4.78, 5) is 14.4. The molecule has 1 aliphatic rings. The van der Waals surface area contributed by atoms with Gasteiger partial charge in [0.15, 0.2) is 11.5 Å². The number of hydrogen-bond donors (Lipinski definition) is 1. The normalized spacial score (nSPS) is 12.5. The number of likely N-dealkylation sites (N-methyl/N-ethyl adjacent to an activating group) is 1. The van der Waals surface area contributed by atoms with Crippen LogP contribution in [0, 0.1) is 0 Å². The smallest absolute Gasteiger partial charge is 0.238 e. The van der Waals surface area contributed by atoms with Crippen LogP contribution in [0.2, 0.25) is 0 Å². The lowest BCUT2D eigenvalue weighted by Gasteiger charge is -2.17. The number of benzene rings is 3. The van der Waals surface area contributed by atoms with E-state index in [1.54, 1.807) is 0 Å². The summed E-state index contributed by atoms with van der Waals surface area (Å²) in [5.41, 5.74) is 1.92. The van der Waals surface area contributed by atoms with Gasteiger partial charge in [0.1, 0.15) is 0 Å². The van der Waals surface area contributed by atoms with Crippen molar-refractivity contribution >= 4 is 22.4 Å². The highest BCUT2D eigenvalue weighted by molar-refractivity contribution is 6.02. The molecule has 0 spiro atoms. The third-order valence-electron chi connectivity index (χ3n) is 4.37. The molecule has 1 N–H and O–H groups in total. The maximum absolute atomic E-state index is 12.4. The van der Waals surface area contributed by atoms with Crippen molar-refractivity contribution in [2.45, 2.75) is 6.54 Å². The molecule has 5 nitrogen and oxygen atoms in total. The van der Waals surface area contributed by atoms with E-state index in [9.17, 15) is 4.79 Å². The Morgan fingerprint density at radius 2 is 1.85 bits per heavy atom. The second-order valence-electron chi connectivity index (χ2n) is 6.43. The van der Waals surface area contributed by atoms with E-state index in [1.807, 2.05) is 72.6 Å². The van der Waals surface area contributed by atoms with Gasteiger partial charge in [-0.25, -0.2) is 0 Å². The molecule has 0 saturated heterocycles. The number of fused-ring (bicyclic) bond motifs is 2. The summed E-state index contributed by atoms with van der Waals surface area (Å²) < 4.78 is 10.7. The Hall–Kier alpha value is -3.05. The molecule has 1 amide bonds. The van der Waals surface area contributed by atoms with Crippen molar-refractivity contribution in [1.82, 2.24) is 4.90 Å². The zero-order chi connectivity index (χ0) is 17.9. The first kappa shape index (κ1) is 16.4. The fourth-order valence-electron chi connectivity index (χ4n) is 3.18. The van der Waals surface area contributed by atoms with Crippen molar-refractivity contribution in [3.05, 3.63) is 66.2 Å². The van der Waals surface area contributed by atoms with Crippen LogP contribution in [0.3, 0.4) is 0 Å². The summed E-state index contributed by atoms with van der Waals surface area (Å²) in [5.74, 6) is 1.49. The van der Waals surface area contributed by atoms with E-state index in [-0.39, 0.29) is 12.7 Å². The Morgan fingerprint density at radius 3 is 2.77 bits per heavy atom. The minimum atomic E-state index is -0.0374. The zero-order valence-corrected chi connectivity index (χ0v) is 14.6. The van der Waals surface area contributed by atoms with Gasteiger partial charge in [-0.2, -0.15) is 0 Å². The number of nitrogens with one attached hydrogen (secondary N) is 1. The van der Waals surface area contributed by atoms with Crippen molar-refractivity contribution < 1.29 is 14.3 Å². The molecule has 0 unspecified atom stereocenters. The van der Waals surface area contributed by atoms with Crippen molar-refractivity contribution in [1.29, 1.82) is 0 Å². The van der Waals surface area contributed by atoms with Gasteiger partial charge in [0.2, 0.25) is 12.7 Å². The van der Waals surface area contributed by atoms with Gasteiger partial charge in [-0.1, -0.05) is 42.5 Å². The summed E-state index contributed by atoms with van der Waals surface area (Å²) in [6.45, 7) is 1.22. The van der Waals surface area contributed by atoms with E-state index in [0.29, 0.717) is 13.1 Å². The number of carbonyl (C=O) groups is 1. The largest absolute Gasteiger partial charge is 0.454 e. The lowest BCUT2D eigenvalue weighted by Crippen LogP contribution is -2.29. The Labute approximate surface area is 152 Å². The Balaban J connectivity index is 1.39. The van der Waals surface area contributed by atoms with Gasteiger partial charge >= 0.3 is 0 Å². The number of carbonyl (C=O) groups excluding carboxylic acids is 1. The van der Waals surface area contributed by atoms with E-state index in [4.69, 9.17) is 9.47 Å². The molecule has 0 aromatic heterocycles. The van der Waals surface area contributed by atoms with E-state index in [0.717, 1.165) is 33.5 Å². The van der Waals surface area contributed by atoms with Crippen LogP contribution in [0.4, 0.5) is 5.69 Å². The molecule has 0 bridgehead atoms. The molecule has 0 saturated carbocycles. The molecule has 4 rings (SSSR count). The summed E-state index contributed by atoms with van der Waals surface area (Å²) in [6, 6.07) is 19.8. The third kappa shape index (κ3) is 3.48. The number of hydrogen-bond acceptors (Lipinski definition) is 4. The molecular weight excluding hydrogens is 328 g/mol. The first-order chi connectivity index (χ1) is 12.7. The quantitative estimate of drug-likeness (QED) is 0.765. The van der Waals surface area contributed by atoms with Gasteiger partial charge < -0.3 is 14.8 Å². The number of anilines is 1. The van der Waals surface area contributed by atoms with Crippen LogP contribution in [-0.4, -0.2) is 31.2 Å². The molecule has 26 heavy (non-hydrogen) atoms. The van der Waals surface area contributed by atoms with Crippen molar-refractivity contribution in [2.75, 3.05) is 25.7 Å². The van der Waals surface area contributed by atoms with Crippen molar-refractivity contribution in [3.8, 4) is 11.5 Å². The molecule has 0 aliphatic carbocycles. The monoisotopic (exact) mass is 348 g/mol. The molecule has 1 aliphatic heterocycles. The summed E-state index contributed by atoms with van der Waals surface area (Å²) in [5, 5.41) is 5.17. The SMILES string of the molecule is CN(CC(=O)Nc1cccc2ccccc12)Cc1ccc2c(c1)OCO2. The third-order valence-corrected chi connectivity index (χ3v) is 4.37. The van der Waals surface area contributed by atoms with Crippen LogP contribution in [0.15, 0.2) is 60.7 Å². The van der Waals surface area contributed by atoms with Crippen LogP contribution < -0.4 is 14.8 Å². The highest BCUT2D eigenvalue weighted by Crippen LogP contribution is 2.32. The molecule has 3 aromatic carbocycles. The molecule has 0 atom stereocenters. The molecule has 0 radical (unpaired) electrons. The number of nitrogens with zero attached hydrogens (tertiary/aromatic N) is 1. The number of ether oxygens (including phenoxy) is 2. The fourth-order valence-corrected chi connectivity index (χ4v) is 3.18. The Kier molecular flexibility index (Phi) is 4.46. The van der Waals surface area contributed by atoms with Gasteiger partial charge in [0, 0.05) is 17.6 Å². The van der Waals surface area contributed by atoms with Crippen LogP contribution in [0.1, 0.15) is 5.56 Å². The predicted molar refractivity (Wildman–Crippen MR) is 101 cm³/mol. The Bertz CT molecular complexity index is 950. The van der Waals surface area contributed by atoms with Crippen molar-refractivity contribution in [3.63, 3.8) is 0 Å². The van der Waals surface area contributed by atoms with E-state index in [1.165, 1.54) is 0 Å². The zero-order valence-electron chi connectivity index (χ0n) is 14.6. The molecule has 5 heteroatoms.